The first-order chi connectivity index (χ1) is 18.2. The monoisotopic (exact) mass is 508 g/mol. The highest BCUT2D eigenvalue weighted by Gasteiger charge is 2.28. The molecule has 0 spiro atoms. The van der Waals surface area contributed by atoms with Crippen molar-refractivity contribution in [3.05, 3.63) is 77.7 Å². The van der Waals surface area contributed by atoms with Gasteiger partial charge in [0.15, 0.2) is 0 Å². The molecule has 0 aromatic carbocycles. The maximum atomic E-state index is 14.3. The number of amides is 1. The van der Waals surface area contributed by atoms with E-state index >= 15 is 0 Å². The second-order valence-corrected chi connectivity index (χ2v) is 9.27. The Morgan fingerprint density at radius 1 is 1.00 bits per heavy atom. The summed E-state index contributed by atoms with van der Waals surface area (Å²) >= 11 is 0. The number of hydrogen-bond donors (Lipinski definition) is 2. The topological polar surface area (TPSA) is 144 Å². The van der Waals surface area contributed by atoms with Gasteiger partial charge in [-0.25, -0.2) is 13.4 Å². The number of nitrogens with one attached hydrogen (secondary N) is 1. The summed E-state index contributed by atoms with van der Waals surface area (Å²) in [5.41, 5.74) is 2.85. The molecule has 0 aliphatic rings. The van der Waals surface area contributed by atoms with Crippen molar-refractivity contribution in [3.63, 3.8) is 0 Å². The number of aliphatic hydroxyl groups is 1. The molecule has 0 radical (unpaired) electrons. The third kappa shape index (κ3) is 4.43. The van der Waals surface area contributed by atoms with E-state index < -0.39 is 24.2 Å². The molecule has 0 bridgehead atoms. The van der Waals surface area contributed by atoms with Crippen LogP contribution in [0.15, 0.2) is 61.1 Å². The van der Waals surface area contributed by atoms with Crippen LogP contribution < -0.4 is 5.32 Å². The van der Waals surface area contributed by atoms with Crippen molar-refractivity contribution in [3.8, 4) is 34.8 Å². The van der Waals surface area contributed by atoms with E-state index in [9.17, 15) is 24.8 Å². The van der Waals surface area contributed by atoms with E-state index in [0.29, 0.717) is 44.8 Å². The minimum Gasteiger partial charge on any atom is -0.387 e. The van der Waals surface area contributed by atoms with Gasteiger partial charge in [-0.3, -0.25) is 9.78 Å². The van der Waals surface area contributed by atoms with Gasteiger partial charge in [0.05, 0.1) is 69.3 Å². The number of carbonyl (C=O) groups is 1. The van der Waals surface area contributed by atoms with Crippen LogP contribution in [0.25, 0.3) is 33.7 Å². The Balaban J connectivity index is 1.63. The molecule has 2 N–H and O–H groups in total. The molecule has 5 aromatic heterocycles. The lowest BCUT2D eigenvalue weighted by atomic mass is 10.0. The summed E-state index contributed by atoms with van der Waals surface area (Å²) in [5, 5.41) is 39.5. The van der Waals surface area contributed by atoms with Crippen LogP contribution in [-0.4, -0.2) is 53.5 Å². The molecule has 0 saturated carbocycles. The summed E-state index contributed by atoms with van der Waals surface area (Å²) in [6.45, 7) is 2.26. The molecule has 1 amide bonds. The lowest BCUT2D eigenvalue weighted by Crippen LogP contribution is -2.42. The van der Waals surface area contributed by atoms with Gasteiger partial charge < -0.3 is 10.4 Å². The number of fused-ring (bicyclic) bond motifs is 2. The normalized spacial score (nSPS) is 12.3. The second-order valence-electron chi connectivity index (χ2n) is 9.27. The number of rotatable bonds is 6. The minimum absolute atomic E-state index is 0.170. The van der Waals surface area contributed by atoms with Gasteiger partial charge >= 0.3 is 0 Å². The van der Waals surface area contributed by atoms with Crippen LogP contribution >= 0.6 is 0 Å². The zero-order chi connectivity index (χ0) is 27.0. The molecule has 11 heteroatoms. The highest BCUT2D eigenvalue weighted by molar-refractivity contribution is 6.01. The number of halogens is 1. The van der Waals surface area contributed by atoms with Crippen molar-refractivity contribution in [2.24, 2.45) is 0 Å². The largest absolute Gasteiger partial charge is 0.387 e. The minimum atomic E-state index is -1.68. The molecule has 5 heterocycles. The molecule has 0 fully saturated rings. The number of hydrogen-bond acceptors (Lipinski definition) is 7. The van der Waals surface area contributed by atoms with Gasteiger partial charge in [0.25, 0.3) is 5.91 Å². The van der Waals surface area contributed by atoms with Gasteiger partial charge in [-0.15, -0.1) is 0 Å². The first-order valence-electron chi connectivity index (χ1n) is 11.6. The predicted octanol–water partition coefficient (Wildman–Crippen LogP) is 3.29. The van der Waals surface area contributed by atoms with Crippen LogP contribution in [0.2, 0.25) is 0 Å². The zero-order valence-corrected chi connectivity index (χ0v) is 20.4. The van der Waals surface area contributed by atoms with Crippen molar-refractivity contribution in [2.45, 2.75) is 25.6 Å². The maximum absolute atomic E-state index is 14.3. The molecule has 0 aliphatic heterocycles. The second kappa shape index (κ2) is 9.39. The van der Waals surface area contributed by atoms with E-state index in [2.05, 4.69) is 32.6 Å². The molecule has 0 aliphatic carbocycles. The zero-order valence-electron chi connectivity index (χ0n) is 20.4. The van der Waals surface area contributed by atoms with E-state index in [1.165, 1.54) is 32.4 Å². The molecule has 0 saturated heterocycles. The standard InChI is InChI=1S/C27H21FN8O2/c1-27(2,38)25(28)15-32-26(37)21-14-31-22(24-6-4-19-8-17(11-30)13-34-36(19)24)9-20(21)23-5-3-18-7-16(10-29)12-33-35(18)23/h3-9,12-14,25,38H,15H2,1-2H3,(H,32,37)/t25-/m1/s1. The smallest absolute Gasteiger partial charge is 0.253 e. The summed E-state index contributed by atoms with van der Waals surface area (Å²) < 4.78 is 17.6. The molecule has 10 nitrogen and oxygen atoms in total. The average Bonchev–Trinajstić information content (AvgIpc) is 3.54. The van der Waals surface area contributed by atoms with Gasteiger partial charge in [-0.2, -0.15) is 20.7 Å². The van der Waals surface area contributed by atoms with Gasteiger partial charge in [-0.1, -0.05) is 0 Å². The Hall–Kier alpha value is -5.13. The number of nitriles is 2. The third-order valence-electron chi connectivity index (χ3n) is 6.15. The van der Waals surface area contributed by atoms with Gasteiger partial charge in [0.2, 0.25) is 0 Å². The van der Waals surface area contributed by atoms with Crippen molar-refractivity contribution in [1.82, 2.24) is 29.5 Å². The van der Waals surface area contributed by atoms with E-state index in [4.69, 9.17) is 0 Å². The Bertz CT molecular complexity index is 1790. The number of pyridine rings is 1. The van der Waals surface area contributed by atoms with Crippen LogP contribution in [0.4, 0.5) is 4.39 Å². The summed E-state index contributed by atoms with van der Waals surface area (Å²) in [6.07, 6.45) is 2.58. The van der Waals surface area contributed by atoms with E-state index in [0.717, 1.165) is 0 Å². The number of carbonyl (C=O) groups excluding carboxylic acids is 1. The van der Waals surface area contributed by atoms with Crippen molar-refractivity contribution in [1.29, 1.82) is 10.5 Å². The van der Waals surface area contributed by atoms with Crippen LogP contribution in [-0.2, 0) is 0 Å². The van der Waals surface area contributed by atoms with E-state index in [1.54, 1.807) is 51.5 Å². The summed E-state index contributed by atoms with van der Waals surface area (Å²) in [5.74, 6) is -0.577. The lowest BCUT2D eigenvalue weighted by Gasteiger charge is -2.22. The predicted molar refractivity (Wildman–Crippen MR) is 136 cm³/mol. The van der Waals surface area contributed by atoms with E-state index in [1.807, 2.05) is 0 Å². The summed E-state index contributed by atoms with van der Waals surface area (Å²) in [6, 6.07) is 16.3. The Morgan fingerprint density at radius 3 is 2.16 bits per heavy atom. The summed E-state index contributed by atoms with van der Waals surface area (Å²) in [7, 11) is 0. The average molecular weight is 509 g/mol. The van der Waals surface area contributed by atoms with Crippen LogP contribution in [0, 0.1) is 22.7 Å². The molecular weight excluding hydrogens is 487 g/mol. The maximum Gasteiger partial charge on any atom is 0.253 e. The Kier molecular flexibility index (Phi) is 6.07. The fraction of sp³-hybridized carbons (Fsp3) is 0.185. The number of aromatic nitrogens is 5. The van der Waals surface area contributed by atoms with Gasteiger partial charge in [0.1, 0.15) is 18.3 Å². The fourth-order valence-electron chi connectivity index (χ4n) is 4.03. The van der Waals surface area contributed by atoms with Crippen molar-refractivity contribution >= 4 is 16.9 Å². The fourth-order valence-corrected chi connectivity index (χ4v) is 4.03. The number of nitrogens with zero attached hydrogens (tertiary/aromatic N) is 7. The highest BCUT2D eigenvalue weighted by Crippen LogP contribution is 2.30. The Labute approximate surface area is 216 Å². The van der Waals surface area contributed by atoms with Crippen molar-refractivity contribution in [2.75, 3.05) is 6.54 Å². The van der Waals surface area contributed by atoms with Crippen molar-refractivity contribution < 1.29 is 14.3 Å². The number of alkyl halides is 1. The quantitative estimate of drug-likeness (QED) is 0.358. The summed E-state index contributed by atoms with van der Waals surface area (Å²) in [4.78, 5) is 17.7. The Morgan fingerprint density at radius 2 is 1.58 bits per heavy atom. The lowest BCUT2D eigenvalue weighted by molar-refractivity contribution is -0.00177. The molecule has 188 valence electrons. The van der Waals surface area contributed by atoms with Crippen LogP contribution in [0.1, 0.15) is 35.3 Å². The molecule has 0 unspecified atom stereocenters. The molecule has 1 atom stereocenters. The molecular formula is C27H21FN8O2. The SMILES string of the molecule is CC(C)(O)[C@H](F)CNC(=O)c1cnc(-c2ccc3cc(C#N)cnn23)cc1-c1ccc2cc(C#N)cnn12. The van der Waals surface area contributed by atoms with Gasteiger partial charge in [-0.05, 0) is 56.3 Å². The van der Waals surface area contributed by atoms with E-state index in [-0.39, 0.29) is 5.56 Å². The first kappa shape index (κ1) is 24.6. The molecule has 5 rings (SSSR count). The molecule has 38 heavy (non-hydrogen) atoms. The van der Waals surface area contributed by atoms with Crippen LogP contribution in [0.5, 0.6) is 0 Å². The van der Waals surface area contributed by atoms with Gasteiger partial charge in [0, 0.05) is 11.8 Å². The van der Waals surface area contributed by atoms with Crippen LogP contribution in [0.3, 0.4) is 0 Å². The first-order valence-corrected chi connectivity index (χ1v) is 11.6. The third-order valence-corrected chi connectivity index (χ3v) is 6.15. The highest BCUT2D eigenvalue weighted by atomic mass is 19.1. The molecule has 5 aromatic rings.